The van der Waals surface area contributed by atoms with E-state index in [0.29, 0.717) is 22.7 Å². The van der Waals surface area contributed by atoms with Gasteiger partial charge in [-0.15, -0.1) is 0 Å². The molecule has 0 spiro atoms. The molecule has 3 rings (SSSR count). The minimum atomic E-state index is -0.624. The number of benzene rings is 2. The lowest BCUT2D eigenvalue weighted by atomic mass is 10.1. The Bertz CT molecular complexity index is 1390. The van der Waals surface area contributed by atoms with Crippen molar-refractivity contribution in [2.45, 2.75) is 52.7 Å². The minimum Gasteiger partial charge on any atom is -0.492 e. The van der Waals surface area contributed by atoms with Crippen LogP contribution in [0.1, 0.15) is 57.5 Å². The zero-order valence-electron chi connectivity index (χ0n) is 23.5. The molecule has 2 aromatic carbocycles. The van der Waals surface area contributed by atoms with Gasteiger partial charge in [-0.3, -0.25) is 0 Å². The summed E-state index contributed by atoms with van der Waals surface area (Å²) in [4.78, 5) is 32.9. The van der Waals surface area contributed by atoms with Gasteiger partial charge in [0.05, 0.1) is 18.3 Å². The maximum Gasteiger partial charge on any atom is 0.407 e. The summed E-state index contributed by atoms with van der Waals surface area (Å²) in [5, 5.41) is 18.4. The molecule has 11 heteroatoms. The number of rotatable bonds is 9. The van der Waals surface area contributed by atoms with Gasteiger partial charge in [0, 0.05) is 17.4 Å². The van der Waals surface area contributed by atoms with Crippen LogP contribution in [0.25, 0.3) is 0 Å². The largest absolute Gasteiger partial charge is 0.492 e. The van der Waals surface area contributed by atoms with Crippen LogP contribution in [0.4, 0.5) is 27.9 Å². The van der Waals surface area contributed by atoms with Gasteiger partial charge in [-0.05, 0) is 71.9 Å². The number of amides is 1. The Morgan fingerprint density at radius 3 is 2.27 bits per heavy atom. The molecule has 11 nitrogen and oxygen atoms in total. The molecular weight excluding hydrogens is 512 g/mol. The molecule has 210 valence electrons. The lowest BCUT2D eigenvalue weighted by Gasteiger charge is -2.19. The summed E-state index contributed by atoms with van der Waals surface area (Å²) in [6.07, 6.45) is 0.892. The molecule has 0 saturated carbocycles. The number of hydrogen-bond donors (Lipinski definition) is 3. The summed E-state index contributed by atoms with van der Waals surface area (Å²) in [6.45, 7) is 11.3. The van der Waals surface area contributed by atoms with E-state index in [0.717, 1.165) is 0 Å². The second kappa shape index (κ2) is 12.8. The summed E-state index contributed by atoms with van der Waals surface area (Å²) in [5.41, 5.74) is 0.603. The second-order valence-corrected chi connectivity index (χ2v) is 10.7. The predicted molar refractivity (Wildman–Crippen MR) is 151 cm³/mol. The smallest absolute Gasteiger partial charge is 0.407 e. The normalized spacial score (nSPS) is 11.1. The van der Waals surface area contributed by atoms with Crippen LogP contribution in [0.3, 0.4) is 0 Å². The van der Waals surface area contributed by atoms with Gasteiger partial charge in [0.2, 0.25) is 5.95 Å². The van der Waals surface area contributed by atoms with Crippen molar-refractivity contribution in [2.24, 2.45) is 0 Å². The van der Waals surface area contributed by atoms with E-state index in [9.17, 15) is 14.9 Å². The Hall–Kier alpha value is -4.85. The van der Waals surface area contributed by atoms with Crippen molar-refractivity contribution in [1.82, 2.24) is 15.3 Å². The number of esters is 1. The number of ether oxygens (including phenoxy) is 3. The summed E-state index contributed by atoms with van der Waals surface area (Å²) in [5.74, 6) is 0.627. The average molecular weight is 547 g/mol. The van der Waals surface area contributed by atoms with E-state index in [1.807, 2.05) is 6.07 Å². The number of aromatic nitrogens is 2. The molecule has 1 heterocycles. The Labute approximate surface area is 233 Å². The molecular formula is C29H34N6O5. The topological polar surface area (TPSA) is 147 Å². The molecule has 0 saturated heterocycles. The van der Waals surface area contributed by atoms with E-state index in [1.165, 1.54) is 6.20 Å². The SMILES string of the molecule is CC(C)(C)OC(=O)NCCOc1cccc(Nc2ncc(C#N)c(Nc3cccc(C(=O)OC(C)(C)C)c3)n2)c1. The van der Waals surface area contributed by atoms with Crippen molar-refractivity contribution in [1.29, 1.82) is 5.26 Å². The van der Waals surface area contributed by atoms with Crippen LogP contribution in [-0.4, -0.2) is 46.4 Å². The highest BCUT2D eigenvalue weighted by Gasteiger charge is 2.18. The molecule has 0 atom stereocenters. The van der Waals surface area contributed by atoms with Crippen LogP contribution in [-0.2, 0) is 9.47 Å². The Morgan fingerprint density at radius 1 is 0.925 bits per heavy atom. The zero-order valence-corrected chi connectivity index (χ0v) is 23.5. The van der Waals surface area contributed by atoms with Crippen LogP contribution in [0, 0.1) is 11.3 Å². The van der Waals surface area contributed by atoms with Gasteiger partial charge in [0.25, 0.3) is 0 Å². The van der Waals surface area contributed by atoms with Crippen LogP contribution in [0.2, 0.25) is 0 Å². The first-order chi connectivity index (χ1) is 18.8. The molecule has 40 heavy (non-hydrogen) atoms. The maximum atomic E-state index is 12.5. The summed E-state index contributed by atoms with van der Waals surface area (Å²) in [7, 11) is 0. The molecule has 0 aliphatic rings. The van der Waals surface area contributed by atoms with Crippen molar-refractivity contribution < 1.29 is 23.8 Å². The number of nitrogens with zero attached hydrogens (tertiary/aromatic N) is 3. The maximum absolute atomic E-state index is 12.5. The quantitative estimate of drug-likeness (QED) is 0.226. The Kier molecular flexibility index (Phi) is 9.50. The molecule has 1 amide bonds. The van der Waals surface area contributed by atoms with Crippen LogP contribution in [0.5, 0.6) is 5.75 Å². The van der Waals surface area contributed by atoms with E-state index < -0.39 is 23.3 Å². The van der Waals surface area contributed by atoms with Crippen LogP contribution >= 0.6 is 0 Å². The van der Waals surface area contributed by atoms with E-state index in [-0.39, 0.29) is 30.5 Å². The average Bonchev–Trinajstić information content (AvgIpc) is 2.85. The lowest BCUT2D eigenvalue weighted by Crippen LogP contribution is -2.34. The molecule has 1 aromatic heterocycles. The lowest BCUT2D eigenvalue weighted by molar-refractivity contribution is 0.00692. The Balaban J connectivity index is 1.65. The van der Waals surface area contributed by atoms with Gasteiger partial charge in [-0.1, -0.05) is 12.1 Å². The fourth-order valence-corrected chi connectivity index (χ4v) is 3.25. The summed E-state index contributed by atoms with van der Waals surface area (Å²) in [6, 6.07) is 16.0. The van der Waals surface area contributed by atoms with Crippen molar-refractivity contribution in [3.63, 3.8) is 0 Å². The summed E-state index contributed by atoms with van der Waals surface area (Å²) >= 11 is 0. The van der Waals surface area contributed by atoms with Gasteiger partial charge in [0.1, 0.15) is 35.2 Å². The molecule has 0 bridgehead atoms. The molecule has 0 radical (unpaired) electrons. The summed E-state index contributed by atoms with van der Waals surface area (Å²) < 4.78 is 16.4. The van der Waals surface area contributed by atoms with E-state index in [1.54, 1.807) is 84.0 Å². The van der Waals surface area contributed by atoms with Crippen molar-refractivity contribution >= 4 is 35.2 Å². The van der Waals surface area contributed by atoms with Crippen molar-refractivity contribution in [3.05, 3.63) is 65.9 Å². The number of nitriles is 1. The number of nitrogens with one attached hydrogen (secondary N) is 3. The molecule has 0 aliphatic carbocycles. The van der Waals surface area contributed by atoms with Crippen LogP contribution < -0.4 is 20.7 Å². The number of alkyl carbamates (subject to hydrolysis) is 1. The third kappa shape index (κ3) is 9.79. The molecule has 0 unspecified atom stereocenters. The van der Waals surface area contributed by atoms with Gasteiger partial charge in [-0.25, -0.2) is 14.6 Å². The third-order valence-corrected chi connectivity index (χ3v) is 4.80. The highest BCUT2D eigenvalue weighted by molar-refractivity contribution is 5.91. The van der Waals surface area contributed by atoms with E-state index in [2.05, 4.69) is 32.0 Å². The monoisotopic (exact) mass is 546 g/mol. The number of anilines is 4. The van der Waals surface area contributed by atoms with Gasteiger partial charge in [-0.2, -0.15) is 10.2 Å². The second-order valence-electron chi connectivity index (χ2n) is 10.7. The first-order valence-electron chi connectivity index (χ1n) is 12.7. The molecule has 0 fully saturated rings. The molecule has 0 aliphatic heterocycles. The first kappa shape index (κ1) is 29.7. The highest BCUT2D eigenvalue weighted by atomic mass is 16.6. The van der Waals surface area contributed by atoms with Gasteiger partial charge >= 0.3 is 12.1 Å². The first-order valence-corrected chi connectivity index (χ1v) is 12.7. The fraction of sp³-hybridized carbons (Fsp3) is 0.345. The molecule has 3 N–H and O–H groups in total. The van der Waals surface area contributed by atoms with Crippen molar-refractivity contribution in [3.8, 4) is 11.8 Å². The Morgan fingerprint density at radius 2 is 1.60 bits per heavy atom. The predicted octanol–water partition coefficient (Wildman–Crippen LogP) is 5.69. The van der Waals surface area contributed by atoms with Gasteiger partial charge in [0.15, 0.2) is 5.82 Å². The molecule has 3 aromatic rings. The van der Waals surface area contributed by atoms with Gasteiger partial charge < -0.3 is 30.2 Å². The van der Waals surface area contributed by atoms with Crippen LogP contribution in [0.15, 0.2) is 54.7 Å². The zero-order chi connectivity index (χ0) is 29.3. The number of hydrogen-bond acceptors (Lipinski definition) is 10. The number of carbonyl (C=O) groups is 2. The number of carbonyl (C=O) groups excluding carboxylic acids is 2. The van der Waals surface area contributed by atoms with E-state index in [4.69, 9.17) is 14.2 Å². The minimum absolute atomic E-state index is 0.225. The highest BCUT2D eigenvalue weighted by Crippen LogP contribution is 2.24. The third-order valence-electron chi connectivity index (χ3n) is 4.80. The standard InChI is InChI=1S/C29H34N6O5/c1-28(2,3)39-25(36)19-9-7-10-21(15-19)33-24-20(17-30)18-32-26(35-24)34-22-11-8-12-23(16-22)38-14-13-31-27(37)40-29(4,5)6/h7-12,15-16,18H,13-14H2,1-6H3,(H,31,37)(H2,32,33,34,35). The van der Waals surface area contributed by atoms with E-state index >= 15 is 0 Å². The van der Waals surface area contributed by atoms with Crippen molar-refractivity contribution in [2.75, 3.05) is 23.8 Å². The fourth-order valence-electron chi connectivity index (χ4n) is 3.25.